The molecule has 17 heavy (non-hydrogen) atoms. The monoisotopic (exact) mass is 232 g/mol. The minimum atomic E-state index is -0.286. The Bertz CT molecular complexity index is 519. The van der Waals surface area contributed by atoms with Crippen LogP contribution in [0.4, 0.5) is 4.39 Å². The molecule has 2 aromatic rings. The molecule has 1 aliphatic rings. The largest absolute Gasteiger partial charge is 0.307 e. The maximum absolute atomic E-state index is 13.6. The second kappa shape index (κ2) is 4.25. The summed E-state index contributed by atoms with van der Waals surface area (Å²) in [6.45, 7) is 0.624. The maximum Gasteiger partial charge on any atom is 0.148 e. The molecule has 0 amide bonds. The van der Waals surface area contributed by atoms with Gasteiger partial charge in [0.05, 0.1) is 6.54 Å². The first-order chi connectivity index (χ1) is 8.34. The van der Waals surface area contributed by atoms with Crippen molar-refractivity contribution < 1.29 is 4.39 Å². The minimum Gasteiger partial charge on any atom is -0.307 e. The molecule has 1 fully saturated rings. The second-order valence-corrected chi connectivity index (χ2v) is 4.19. The van der Waals surface area contributed by atoms with Gasteiger partial charge in [-0.05, 0) is 25.0 Å². The van der Waals surface area contributed by atoms with Crippen molar-refractivity contribution in [3.63, 3.8) is 0 Å². The zero-order chi connectivity index (χ0) is 11.7. The van der Waals surface area contributed by atoms with Gasteiger partial charge in [-0.1, -0.05) is 12.1 Å². The van der Waals surface area contributed by atoms with Crippen LogP contribution in [0.25, 0.3) is 5.69 Å². The van der Waals surface area contributed by atoms with Gasteiger partial charge < -0.3 is 5.32 Å². The molecule has 0 unspecified atom stereocenters. The minimum absolute atomic E-state index is 0.286. The molecule has 0 bridgehead atoms. The number of nitrogens with one attached hydrogen (secondary N) is 1. The van der Waals surface area contributed by atoms with Crippen LogP contribution in [-0.2, 0) is 6.54 Å². The fraction of sp³-hybridized carbons (Fsp3) is 0.333. The van der Waals surface area contributed by atoms with E-state index in [2.05, 4.69) is 15.4 Å². The standard InChI is InChI=1S/C12H13FN4/c13-10-3-1-2-4-11(10)17-12(15-8-16-17)7-14-9-5-6-9/h1-4,8-9,14H,5-7H2. The summed E-state index contributed by atoms with van der Waals surface area (Å²) in [4.78, 5) is 4.16. The van der Waals surface area contributed by atoms with Gasteiger partial charge in [0.25, 0.3) is 0 Å². The van der Waals surface area contributed by atoms with Gasteiger partial charge in [0.2, 0.25) is 0 Å². The molecule has 0 saturated heterocycles. The fourth-order valence-electron chi connectivity index (χ4n) is 1.73. The molecule has 1 aliphatic carbocycles. The zero-order valence-electron chi connectivity index (χ0n) is 9.31. The molecule has 0 radical (unpaired) electrons. The third kappa shape index (κ3) is 2.19. The van der Waals surface area contributed by atoms with Crippen LogP contribution in [0.3, 0.4) is 0 Å². The Morgan fingerprint density at radius 1 is 1.35 bits per heavy atom. The molecule has 5 heteroatoms. The van der Waals surface area contributed by atoms with E-state index in [0.717, 1.165) is 5.82 Å². The lowest BCUT2D eigenvalue weighted by Gasteiger charge is -2.07. The van der Waals surface area contributed by atoms with Crippen molar-refractivity contribution in [2.75, 3.05) is 0 Å². The normalized spacial score (nSPS) is 15.1. The molecule has 0 spiro atoms. The van der Waals surface area contributed by atoms with E-state index in [1.807, 2.05) is 0 Å². The van der Waals surface area contributed by atoms with Crippen molar-refractivity contribution in [2.24, 2.45) is 0 Å². The van der Waals surface area contributed by atoms with Crippen molar-refractivity contribution in [1.82, 2.24) is 20.1 Å². The topological polar surface area (TPSA) is 42.7 Å². The van der Waals surface area contributed by atoms with Crippen molar-refractivity contribution >= 4 is 0 Å². The molecule has 4 nitrogen and oxygen atoms in total. The number of aromatic nitrogens is 3. The molecule has 1 aromatic carbocycles. The Morgan fingerprint density at radius 2 is 2.18 bits per heavy atom. The van der Waals surface area contributed by atoms with E-state index in [1.165, 1.54) is 25.2 Å². The average Bonchev–Trinajstić information content (AvgIpc) is 3.06. The summed E-state index contributed by atoms with van der Waals surface area (Å²) in [5.74, 6) is 0.452. The number of nitrogens with zero attached hydrogens (tertiary/aromatic N) is 3. The van der Waals surface area contributed by atoms with E-state index >= 15 is 0 Å². The number of rotatable bonds is 4. The van der Waals surface area contributed by atoms with Gasteiger partial charge in [-0.3, -0.25) is 0 Å². The predicted molar refractivity (Wildman–Crippen MR) is 61.2 cm³/mol. The zero-order valence-corrected chi connectivity index (χ0v) is 9.31. The van der Waals surface area contributed by atoms with Gasteiger partial charge in [0, 0.05) is 6.04 Å². The number of para-hydroxylation sites is 1. The Kier molecular flexibility index (Phi) is 2.60. The highest BCUT2D eigenvalue weighted by atomic mass is 19.1. The summed E-state index contributed by atoms with van der Waals surface area (Å²) >= 11 is 0. The number of halogens is 1. The van der Waals surface area contributed by atoms with E-state index in [0.29, 0.717) is 18.3 Å². The highest BCUT2D eigenvalue weighted by molar-refractivity contribution is 5.32. The van der Waals surface area contributed by atoms with Gasteiger partial charge >= 0.3 is 0 Å². The molecule has 1 aromatic heterocycles. The molecule has 0 atom stereocenters. The highest BCUT2D eigenvalue weighted by Gasteiger charge is 2.21. The number of benzene rings is 1. The number of hydrogen-bond acceptors (Lipinski definition) is 3. The molecule has 88 valence electrons. The summed E-state index contributed by atoms with van der Waals surface area (Å²) in [5, 5.41) is 7.41. The molecule has 0 aliphatic heterocycles. The van der Waals surface area contributed by atoms with Crippen molar-refractivity contribution in [2.45, 2.75) is 25.4 Å². The third-order valence-corrected chi connectivity index (χ3v) is 2.83. The highest BCUT2D eigenvalue weighted by Crippen LogP contribution is 2.19. The Hall–Kier alpha value is -1.75. The van der Waals surface area contributed by atoms with Crippen LogP contribution in [0.1, 0.15) is 18.7 Å². The first-order valence-corrected chi connectivity index (χ1v) is 5.72. The molecule has 3 rings (SSSR count). The Balaban J connectivity index is 1.86. The van der Waals surface area contributed by atoms with E-state index in [4.69, 9.17) is 0 Å². The molecule has 1 N–H and O–H groups in total. The van der Waals surface area contributed by atoms with Gasteiger partial charge in [-0.15, -0.1) is 0 Å². The SMILES string of the molecule is Fc1ccccc1-n1ncnc1CNC1CC1. The van der Waals surface area contributed by atoms with Crippen molar-refractivity contribution in [3.8, 4) is 5.69 Å². The number of hydrogen-bond donors (Lipinski definition) is 1. The average molecular weight is 232 g/mol. The predicted octanol–water partition coefficient (Wildman–Crippen LogP) is 1.66. The lowest BCUT2D eigenvalue weighted by Crippen LogP contribution is -2.19. The van der Waals surface area contributed by atoms with Gasteiger partial charge in [0.15, 0.2) is 0 Å². The summed E-state index contributed by atoms with van der Waals surface area (Å²) in [5.41, 5.74) is 0.442. The summed E-state index contributed by atoms with van der Waals surface area (Å²) in [7, 11) is 0. The summed E-state index contributed by atoms with van der Waals surface area (Å²) in [6.07, 6.45) is 3.89. The summed E-state index contributed by atoms with van der Waals surface area (Å²) < 4.78 is 15.2. The molecular weight excluding hydrogens is 219 g/mol. The summed E-state index contributed by atoms with van der Waals surface area (Å²) in [6, 6.07) is 7.18. The second-order valence-electron chi connectivity index (χ2n) is 4.19. The van der Waals surface area contributed by atoms with E-state index in [9.17, 15) is 4.39 Å². The first-order valence-electron chi connectivity index (χ1n) is 5.72. The van der Waals surface area contributed by atoms with Crippen LogP contribution in [0.5, 0.6) is 0 Å². The molecule has 1 saturated carbocycles. The van der Waals surface area contributed by atoms with Crippen molar-refractivity contribution in [3.05, 3.63) is 42.2 Å². The van der Waals surface area contributed by atoms with Crippen molar-refractivity contribution in [1.29, 1.82) is 0 Å². The van der Waals surface area contributed by atoms with Gasteiger partial charge in [0.1, 0.15) is 23.7 Å². The van der Waals surface area contributed by atoms with Crippen LogP contribution in [0.15, 0.2) is 30.6 Å². The third-order valence-electron chi connectivity index (χ3n) is 2.83. The van der Waals surface area contributed by atoms with Crippen LogP contribution in [0, 0.1) is 5.82 Å². The molecular formula is C12H13FN4. The lowest BCUT2D eigenvalue weighted by molar-refractivity contribution is 0.592. The molecule has 1 heterocycles. The van der Waals surface area contributed by atoms with Crippen LogP contribution >= 0.6 is 0 Å². The smallest absolute Gasteiger partial charge is 0.148 e. The lowest BCUT2D eigenvalue weighted by atomic mass is 10.3. The van der Waals surface area contributed by atoms with Gasteiger partial charge in [-0.25, -0.2) is 14.1 Å². The van der Waals surface area contributed by atoms with Crippen LogP contribution in [-0.4, -0.2) is 20.8 Å². The van der Waals surface area contributed by atoms with Crippen LogP contribution < -0.4 is 5.32 Å². The quantitative estimate of drug-likeness (QED) is 0.871. The fourth-order valence-corrected chi connectivity index (χ4v) is 1.73. The van der Waals surface area contributed by atoms with Gasteiger partial charge in [-0.2, -0.15) is 5.10 Å². The van der Waals surface area contributed by atoms with E-state index in [1.54, 1.807) is 22.9 Å². The Labute approximate surface area is 98.5 Å². The van der Waals surface area contributed by atoms with E-state index < -0.39 is 0 Å². The van der Waals surface area contributed by atoms with E-state index in [-0.39, 0.29) is 5.82 Å². The Morgan fingerprint density at radius 3 is 2.94 bits per heavy atom. The maximum atomic E-state index is 13.6. The van der Waals surface area contributed by atoms with Crippen LogP contribution in [0.2, 0.25) is 0 Å². The first kappa shape index (κ1) is 10.4.